The first-order valence-electron chi connectivity index (χ1n) is 6.95. The van der Waals surface area contributed by atoms with E-state index in [2.05, 4.69) is 5.32 Å². The van der Waals surface area contributed by atoms with Gasteiger partial charge in [0.15, 0.2) is 0 Å². The van der Waals surface area contributed by atoms with Crippen molar-refractivity contribution in [2.45, 2.75) is 38.3 Å². The van der Waals surface area contributed by atoms with Crippen LogP contribution in [0.3, 0.4) is 0 Å². The molecule has 21 heavy (non-hydrogen) atoms. The molecule has 1 N–H and O–H groups in total. The van der Waals surface area contributed by atoms with Gasteiger partial charge < -0.3 is 0 Å². The maximum Gasteiger partial charge on any atom is 0.246 e. The van der Waals surface area contributed by atoms with Crippen LogP contribution in [-0.4, -0.2) is 29.8 Å². The molecule has 1 heterocycles. The van der Waals surface area contributed by atoms with E-state index in [4.69, 9.17) is 23.2 Å². The van der Waals surface area contributed by atoms with Crippen molar-refractivity contribution in [1.29, 1.82) is 0 Å². The zero-order chi connectivity index (χ0) is 15.6. The number of nitrogens with zero attached hydrogens (tertiary/aromatic N) is 1. The fraction of sp³-hybridized carbons (Fsp3) is 0.467. The lowest BCUT2D eigenvalue weighted by molar-refractivity contribution is -0.148. The quantitative estimate of drug-likeness (QED) is 0.863. The third-order valence-electron chi connectivity index (χ3n) is 3.81. The largest absolute Gasteiger partial charge is 0.299 e. The Morgan fingerprint density at radius 3 is 2.67 bits per heavy atom. The number of imide groups is 1. The zero-order valence-electron chi connectivity index (χ0n) is 12.0. The van der Waals surface area contributed by atoms with E-state index in [1.165, 1.54) is 11.9 Å². The average molecular weight is 329 g/mol. The Bertz CT molecular complexity index is 563. The number of amides is 2. The lowest BCUT2D eigenvalue weighted by atomic mass is 9.99. The van der Waals surface area contributed by atoms with Gasteiger partial charge in [-0.3, -0.25) is 19.8 Å². The number of likely N-dealkylation sites (tertiary alicyclic amines) is 1. The maximum absolute atomic E-state index is 12.1. The van der Waals surface area contributed by atoms with Crippen molar-refractivity contribution in [2.75, 3.05) is 7.05 Å². The highest BCUT2D eigenvalue weighted by atomic mass is 35.5. The second kappa shape index (κ2) is 6.77. The fourth-order valence-electron chi connectivity index (χ4n) is 2.49. The minimum atomic E-state index is -0.341. The van der Waals surface area contributed by atoms with Crippen LogP contribution >= 0.6 is 23.2 Å². The van der Waals surface area contributed by atoms with E-state index < -0.39 is 0 Å². The molecule has 2 atom stereocenters. The second-order valence-electron chi connectivity index (χ2n) is 5.18. The van der Waals surface area contributed by atoms with Crippen molar-refractivity contribution >= 4 is 35.0 Å². The van der Waals surface area contributed by atoms with Crippen molar-refractivity contribution in [2.24, 2.45) is 0 Å². The minimum absolute atomic E-state index is 0.00433. The summed E-state index contributed by atoms with van der Waals surface area (Å²) in [5.74, 6) is -0.301. The Kier molecular flexibility index (Phi) is 5.25. The molecule has 0 radical (unpaired) electrons. The zero-order valence-corrected chi connectivity index (χ0v) is 13.5. The van der Waals surface area contributed by atoms with Gasteiger partial charge in [0.1, 0.15) is 0 Å². The number of piperidine rings is 1. The first-order valence-corrected chi connectivity index (χ1v) is 7.71. The van der Waals surface area contributed by atoms with Crippen LogP contribution in [0.1, 0.15) is 37.8 Å². The first-order chi connectivity index (χ1) is 9.93. The number of carbonyl (C=O) groups is 2. The minimum Gasteiger partial charge on any atom is -0.299 e. The van der Waals surface area contributed by atoms with Crippen LogP contribution in [0.2, 0.25) is 10.0 Å². The summed E-state index contributed by atoms with van der Waals surface area (Å²) in [7, 11) is 1.53. The van der Waals surface area contributed by atoms with Crippen LogP contribution in [0.4, 0.5) is 0 Å². The van der Waals surface area contributed by atoms with Crippen LogP contribution in [0, 0.1) is 0 Å². The van der Waals surface area contributed by atoms with Gasteiger partial charge in [0.05, 0.1) is 16.1 Å². The number of nitrogens with one attached hydrogen (secondary N) is 1. The van der Waals surface area contributed by atoms with Gasteiger partial charge in [-0.2, -0.15) is 0 Å². The molecule has 2 amide bonds. The number of likely N-dealkylation sites (N-methyl/N-ethyl adjacent to an activating group) is 1. The van der Waals surface area contributed by atoms with Crippen LogP contribution in [0.15, 0.2) is 18.2 Å². The lowest BCUT2D eigenvalue weighted by Crippen LogP contribution is -2.52. The van der Waals surface area contributed by atoms with Gasteiger partial charge in [0, 0.05) is 19.5 Å². The van der Waals surface area contributed by atoms with Gasteiger partial charge in [-0.1, -0.05) is 36.2 Å². The van der Waals surface area contributed by atoms with Gasteiger partial charge in [-0.25, -0.2) is 0 Å². The predicted molar refractivity (Wildman–Crippen MR) is 83.4 cm³/mol. The Balaban J connectivity index is 2.13. The number of rotatable bonds is 4. The molecule has 1 aromatic carbocycles. The highest BCUT2D eigenvalue weighted by Crippen LogP contribution is 2.28. The van der Waals surface area contributed by atoms with Crippen molar-refractivity contribution < 1.29 is 9.59 Å². The first kappa shape index (κ1) is 16.3. The van der Waals surface area contributed by atoms with Crippen molar-refractivity contribution in [3.63, 3.8) is 0 Å². The summed E-state index contributed by atoms with van der Waals surface area (Å²) in [6.07, 6.45) is 1.72. The Hall–Kier alpha value is -1.10. The average Bonchev–Trinajstić information content (AvgIpc) is 2.47. The van der Waals surface area contributed by atoms with E-state index in [0.717, 1.165) is 12.0 Å². The molecule has 1 aliphatic heterocycles. The summed E-state index contributed by atoms with van der Waals surface area (Å²) >= 11 is 12.0. The highest BCUT2D eigenvalue weighted by molar-refractivity contribution is 6.42. The molecule has 2 rings (SSSR count). The molecule has 0 aliphatic carbocycles. The van der Waals surface area contributed by atoms with Gasteiger partial charge in [0.2, 0.25) is 11.8 Å². The number of hydrogen-bond acceptors (Lipinski definition) is 3. The topological polar surface area (TPSA) is 49.4 Å². The molecular weight excluding hydrogens is 311 g/mol. The molecule has 2 unspecified atom stereocenters. The van der Waals surface area contributed by atoms with E-state index in [1.807, 2.05) is 19.1 Å². The van der Waals surface area contributed by atoms with E-state index >= 15 is 0 Å². The molecule has 114 valence electrons. The highest BCUT2D eigenvalue weighted by Gasteiger charge is 2.32. The summed E-state index contributed by atoms with van der Waals surface area (Å²) in [5, 5.41) is 4.33. The third-order valence-corrected chi connectivity index (χ3v) is 4.55. The monoisotopic (exact) mass is 328 g/mol. The third kappa shape index (κ3) is 3.57. The van der Waals surface area contributed by atoms with Gasteiger partial charge in [-0.05, 0) is 30.5 Å². The van der Waals surface area contributed by atoms with Crippen LogP contribution in [0.25, 0.3) is 0 Å². The van der Waals surface area contributed by atoms with Crippen molar-refractivity contribution in [3.05, 3.63) is 33.8 Å². The van der Waals surface area contributed by atoms with Crippen LogP contribution in [-0.2, 0) is 9.59 Å². The molecule has 1 saturated heterocycles. The molecule has 4 nitrogen and oxygen atoms in total. The molecule has 0 bridgehead atoms. The van der Waals surface area contributed by atoms with E-state index in [-0.39, 0.29) is 23.9 Å². The molecule has 6 heteroatoms. The van der Waals surface area contributed by atoms with Crippen molar-refractivity contribution in [3.8, 4) is 0 Å². The number of halogens is 2. The maximum atomic E-state index is 12.1. The Morgan fingerprint density at radius 1 is 1.33 bits per heavy atom. The molecular formula is C15H18Cl2N2O2. The summed E-state index contributed by atoms with van der Waals surface area (Å²) < 4.78 is 0. The Morgan fingerprint density at radius 2 is 2.05 bits per heavy atom. The number of carbonyl (C=O) groups excluding carboxylic acids is 2. The standard InChI is InChI=1S/C15H18Cl2N2O2/c1-3-12(9-4-5-10(16)11(17)8-9)18-13-6-7-14(20)19(2)15(13)21/h4-5,8,12-13,18H,3,6-7H2,1-2H3. The predicted octanol–water partition coefficient (Wildman–Crippen LogP) is 3.18. The summed E-state index contributed by atoms with van der Waals surface area (Å²) in [4.78, 5) is 24.8. The van der Waals surface area contributed by atoms with Crippen molar-refractivity contribution in [1.82, 2.24) is 10.2 Å². The normalized spacial score (nSPS) is 20.8. The molecule has 0 aromatic heterocycles. The van der Waals surface area contributed by atoms with E-state index in [9.17, 15) is 9.59 Å². The van der Waals surface area contributed by atoms with E-state index in [1.54, 1.807) is 6.07 Å². The van der Waals surface area contributed by atoms with Crippen LogP contribution < -0.4 is 5.32 Å². The second-order valence-corrected chi connectivity index (χ2v) is 6.00. The summed E-state index contributed by atoms with van der Waals surface area (Å²) in [6.45, 7) is 2.03. The van der Waals surface area contributed by atoms with Crippen LogP contribution in [0.5, 0.6) is 0 Å². The molecule has 1 aliphatic rings. The number of benzene rings is 1. The molecule has 0 spiro atoms. The Labute approximate surface area is 134 Å². The van der Waals surface area contributed by atoms with E-state index in [0.29, 0.717) is 22.9 Å². The summed E-state index contributed by atoms with van der Waals surface area (Å²) in [6, 6.07) is 5.12. The number of hydrogen-bond donors (Lipinski definition) is 1. The van der Waals surface area contributed by atoms with Gasteiger partial charge >= 0.3 is 0 Å². The fourth-order valence-corrected chi connectivity index (χ4v) is 2.80. The SMILES string of the molecule is CCC(NC1CCC(=O)N(C)C1=O)c1ccc(Cl)c(Cl)c1. The lowest BCUT2D eigenvalue weighted by Gasteiger charge is -2.31. The smallest absolute Gasteiger partial charge is 0.246 e. The van der Waals surface area contributed by atoms with Gasteiger partial charge in [-0.15, -0.1) is 0 Å². The molecule has 1 fully saturated rings. The van der Waals surface area contributed by atoms with Gasteiger partial charge in [0.25, 0.3) is 0 Å². The summed E-state index contributed by atoms with van der Waals surface area (Å²) in [5.41, 5.74) is 0.985. The molecule has 0 saturated carbocycles. The molecule has 1 aromatic rings.